The van der Waals surface area contributed by atoms with Crippen molar-refractivity contribution in [2.24, 2.45) is 0 Å². The van der Waals surface area contributed by atoms with Crippen molar-refractivity contribution >= 4 is 23.4 Å². The van der Waals surface area contributed by atoms with Crippen molar-refractivity contribution in [1.82, 2.24) is 9.36 Å². The number of thiocyanates is 1. The Labute approximate surface area is 120 Å². The van der Waals surface area contributed by atoms with Gasteiger partial charge in [0.2, 0.25) is 0 Å². The third kappa shape index (κ3) is 2.42. The summed E-state index contributed by atoms with van der Waals surface area (Å²) in [7, 11) is 0. The fourth-order valence-electron chi connectivity index (χ4n) is 2.03. The zero-order valence-corrected chi connectivity index (χ0v) is 12.1. The van der Waals surface area contributed by atoms with Crippen LogP contribution in [0.25, 0.3) is 5.69 Å². The summed E-state index contributed by atoms with van der Waals surface area (Å²) >= 11 is 6.86. The van der Waals surface area contributed by atoms with Crippen molar-refractivity contribution in [2.45, 2.75) is 25.3 Å². The smallest absolute Gasteiger partial charge is 0.281 e. The minimum absolute atomic E-state index is 0.187. The number of aromatic nitrogens is 2. The molecule has 1 heterocycles. The van der Waals surface area contributed by atoms with Gasteiger partial charge in [0.1, 0.15) is 10.3 Å². The van der Waals surface area contributed by atoms with Gasteiger partial charge in [0, 0.05) is 11.6 Å². The number of benzene rings is 1. The van der Waals surface area contributed by atoms with E-state index >= 15 is 0 Å². The molecule has 1 aromatic carbocycles. The largest absolute Gasteiger partial charge is 0.286 e. The molecule has 0 aliphatic rings. The van der Waals surface area contributed by atoms with Gasteiger partial charge in [0.05, 0.1) is 11.4 Å². The lowest BCUT2D eigenvalue weighted by atomic mass is 10.3. The van der Waals surface area contributed by atoms with Gasteiger partial charge in [0.25, 0.3) is 5.56 Å². The maximum Gasteiger partial charge on any atom is 0.286 e. The van der Waals surface area contributed by atoms with Crippen LogP contribution in [-0.4, -0.2) is 9.36 Å². The van der Waals surface area contributed by atoms with E-state index in [9.17, 15) is 4.79 Å². The molecule has 2 rings (SSSR count). The van der Waals surface area contributed by atoms with E-state index in [2.05, 4.69) is 0 Å². The van der Waals surface area contributed by atoms with Crippen LogP contribution < -0.4 is 5.56 Å². The Hall–Kier alpha value is -1.64. The van der Waals surface area contributed by atoms with Crippen molar-refractivity contribution in [3.8, 4) is 11.1 Å². The lowest BCUT2D eigenvalue weighted by Gasteiger charge is -2.11. The molecule has 0 atom stereocenters. The van der Waals surface area contributed by atoms with Crippen LogP contribution in [0.5, 0.6) is 0 Å². The van der Waals surface area contributed by atoms with Gasteiger partial charge in [-0.15, -0.1) is 0 Å². The molecule has 0 saturated heterocycles. The lowest BCUT2D eigenvalue weighted by Crippen LogP contribution is -2.21. The predicted octanol–water partition coefficient (Wildman–Crippen LogP) is 3.19. The van der Waals surface area contributed by atoms with Crippen molar-refractivity contribution in [3.05, 3.63) is 45.3 Å². The van der Waals surface area contributed by atoms with Gasteiger partial charge in [-0.3, -0.25) is 9.48 Å². The Bertz CT molecular complexity index is 712. The summed E-state index contributed by atoms with van der Waals surface area (Å²) in [5, 5.41) is 11.3. The van der Waals surface area contributed by atoms with Gasteiger partial charge in [-0.25, -0.2) is 4.68 Å². The Morgan fingerprint density at radius 3 is 2.79 bits per heavy atom. The van der Waals surface area contributed by atoms with E-state index in [0.29, 0.717) is 22.2 Å². The van der Waals surface area contributed by atoms with Crippen LogP contribution in [0.3, 0.4) is 0 Å². The van der Waals surface area contributed by atoms with E-state index < -0.39 is 0 Å². The van der Waals surface area contributed by atoms with Crippen LogP contribution in [0.1, 0.15) is 12.6 Å². The fourth-order valence-corrected chi connectivity index (χ4v) is 2.74. The molecule has 0 N–H and O–H groups in total. The maximum atomic E-state index is 12.4. The molecule has 0 aliphatic carbocycles. The van der Waals surface area contributed by atoms with Crippen molar-refractivity contribution in [3.63, 3.8) is 0 Å². The van der Waals surface area contributed by atoms with Crippen LogP contribution in [0.2, 0.25) is 5.02 Å². The topological polar surface area (TPSA) is 50.7 Å². The number of nitriles is 1. The molecule has 0 aliphatic heterocycles. The molecule has 19 heavy (non-hydrogen) atoms. The van der Waals surface area contributed by atoms with Gasteiger partial charge in [0.15, 0.2) is 0 Å². The average Bonchev–Trinajstić information content (AvgIpc) is 2.63. The van der Waals surface area contributed by atoms with Crippen molar-refractivity contribution in [1.29, 1.82) is 5.26 Å². The molecule has 1 aromatic heterocycles. The molecular formula is C13H12ClN3OS. The Kier molecular flexibility index (Phi) is 4.03. The molecule has 0 amide bonds. The van der Waals surface area contributed by atoms with Crippen molar-refractivity contribution < 1.29 is 0 Å². The Morgan fingerprint density at radius 1 is 1.47 bits per heavy atom. The van der Waals surface area contributed by atoms with Gasteiger partial charge in [-0.05, 0) is 43.8 Å². The fraction of sp³-hybridized carbons (Fsp3) is 0.231. The SMILES string of the molecule is CCn1c(C)c(SC#N)c(=O)n1-c1cccc(Cl)c1. The van der Waals surface area contributed by atoms with Gasteiger partial charge in [-0.1, -0.05) is 17.7 Å². The summed E-state index contributed by atoms with van der Waals surface area (Å²) in [5.41, 5.74) is 1.31. The molecule has 0 saturated carbocycles. The third-order valence-corrected chi connectivity index (χ3v) is 3.84. The number of hydrogen-bond donors (Lipinski definition) is 0. The average molecular weight is 294 g/mol. The van der Waals surface area contributed by atoms with E-state index in [1.165, 1.54) is 0 Å². The first-order valence-corrected chi connectivity index (χ1v) is 6.93. The van der Waals surface area contributed by atoms with E-state index in [4.69, 9.17) is 16.9 Å². The molecule has 98 valence electrons. The lowest BCUT2D eigenvalue weighted by molar-refractivity contribution is 0.559. The Balaban J connectivity index is 2.74. The normalized spacial score (nSPS) is 10.4. The quantitative estimate of drug-likeness (QED) is 0.645. The van der Waals surface area contributed by atoms with Crippen LogP contribution in [0.15, 0.2) is 34.0 Å². The zero-order chi connectivity index (χ0) is 14.0. The number of hydrogen-bond acceptors (Lipinski definition) is 3. The molecular weight excluding hydrogens is 282 g/mol. The molecule has 0 radical (unpaired) electrons. The Morgan fingerprint density at radius 2 is 2.21 bits per heavy atom. The van der Waals surface area contributed by atoms with E-state index in [0.717, 1.165) is 17.5 Å². The van der Waals surface area contributed by atoms with Gasteiger partial charge in [-0.2, -0.15) is 5.26 Å². The summed E-state index contributed by atoms with van der Waals surface area (Å²) in [6.07, 6.45) is 0. The number of halogens is 1. The molecule has 0 bridgehead atoms. The van der Waals surface area contributed by atoms with Crippen LogP contribution in [0.4, 0.5) is 0 Å². The zero-order valence-electron chi connectivity index (χ0n) is 10.6. The highest BCUT2D eigenvalue weighted by Gasteiger charge is 2.17. The first-order valence-electron chi connectivity index (χ1n) is 5.74. The van der Waals surface area contributed by atoms with E-state index in [1.807, 2.05) is 30.0 Å². The number of rotatable bonds is 3. The monoisotopic (exact) mass is 293 g/mol. The molecule has 2 aromatic rings. The van der Waals surface area contributed by atoms with Gasteiger partial charge < -0.3 is 0 Å². The second-order valence-corrected chi connectivity index (χ2v) is 5.15. The highest BCUT2D eigenvalue weighted by atomic mass is 35.5. The van der Waals surface area contributed by atoms with E-state index in [-0.39, 0.29) is 5.56 Å². The van der Waals surface area contributed by atoms with Gasteiger partial charge >= 0.3 is 0 Å². The molecule has 0 spiro atoms. The number of thioether (sulfide) groups is 1. The first kappa shape index (κ1) is 13.8. The summed E-state index contributed by atoms with van der Waals surface area (Å²) in [6, 6.07) is 7.10. The molecule has 4 nitrogen and oxygen atoms in total. The molecule has 6 heteroatoms. The number of nitrogens with zero attached hydrogens (tertiary/aromatic N) is 3. The highest BCUT2D eigenvalue weighted by Crippen LogP contribution is 2.21. The summed E-state index contributed by atoms with van der Waals surface area (Å²) in [4.78, 5) is 12.9. The highest BCUT2D eigenvalue weighted by molar-refractivity contribution is 8.03. The second kappa shape index (κ2) is 5.55. The van der Waals surface area contributed by atoms with Crippen LogP contribution in [-0.2, 0) is 6.54 Å². The minimum Gasteiger partial charge on any atom is -0.281 e. The summed E-state index contributed by atoms with van der Waals surface area (Å²) in [5.74, 6) is 0. The summed E-state index contributed by atoms with van der Waals surface area (Å²) < 4.78 is 3.40. The maximum absolute atomic E-state index is 12.4. The summed E-state index contributed by atoms with van der Waals surface area (Å²) in [6.45, 7) is 4.43. The second-order valence-electron chi connectivity index (χ2n) is 3.92. The molecule has 0 fully saturated rings. The standard InChI is InChI=1S/C13H12ClN3OS/c1-3-16-9(2)12(19-8-15)13(18)17(16)11-6-4-5-10(14)7-11/h4-7H,3H2,1-2H3. The third-order valence-electron chi connectivity index (χ3n) is 2.84. The predicted molar refractivity (Wildman–Crippen MR) is 76.9 cm³/mol. The molecule has 0 unspecified atom stereocenters. The van der Waals surface area contributed by atoms with Crippen LogP contribution in [0, 0.1) is 17.6 Å². The van der Waals surface area contributed by atoms with Crippen LogP contribution >= 0.6 is 23.4 Å². The first-order chi connectivity index (χ1) is 9.10. The van der Waals surface area contributed by atoms with E-state index in [1.54, 1.807) is 22.9 Å². The minimum atomic E-state index is -0.187. The van der Waals surface area contributed by atoms with Crippen molar-refractivity contribution in [2.75, 3.05) is 0 Å².